The van der Waals surface area contributed by atoms with E-state index in [1.807, 2.05) is 0 Å². The summed E-state index contributed by atoms with van der Waals surface area (Å²) in [6, 6.07) is 0. The van der Waals surface area contributed by atoms with E-state index in [9.17, 15) is 9.59 Å². The van der Waals surface area contributed by atoms with E-state index in [1.165, 1.54) is 51.4 Å². The Balaban J connectivity index is 3.45. The number of hydrogen-bond donors (Lipinski definition) is 0. The fourth-order valence-corrected chi connectivity index (χ4v) is 7.82. The van der Waals surface area contributed by atoms with Gasteiger partial charge in [0.15, 0.2) is 5.78 Å². The second-order valence-electron chi connectivity index (χ2n) is 9.68. The molecule has 0 heterocycles. The van der Waals surface area contributed by atoms with Gasteiger partial charge in [0.1, 0.15) is 0 Å². The van der Waals surface area contributed by atoms with Crippen LogP contribution in [0, 0.1) is 22.2 Å². The average molecular weight is 407 g/mol. The quantitative estimate of drug-likeness (QED) is 0.202. The maximum Gasteiger partial charge on any atom is 0.202 e. The molecular weight excluding hydrogens is 356 g/mol. The van der Waals surface area contributed by atoms with Gasteiger partial charge in [-0.2, -0.15) is 0 Å². The molecule has 2 nitrogen and oxygen atoms in total. The summed E-state index contributed by atoms with van der Waals surface area (Å²) in [6.07, 6.45) is 15.7. The van der Waals surface area contributed by atoms with Crippen molar-refractivity contribution in [2.45, 2.75) is 138 Å². The third-order valence-corrected chi connectivity index (χ3v) is 9.47. The number of Topliss-reactive ketones (excluding diaryl/α,β-unsaturated/α-hetero) is 2. The zero-order valence-corrected chi connectivity index (χ0v) is 20.8. The molecule has 1 aliphatic rings. The maximum absolute atomic E-state index is 13.0. The first-order valence-electron chi connectivity index (χ1n) is 12.9. The van der Waals surface area contributed by atoms with Crippen LogP contribution in [-0.2, 0) is 9.59 Å². The van der Waals surface area contributed by atoms with E-state index in [4.69, 9.17) is 0 Å². The zero-order valence-electron chi connectivity index (χ0n) is 20.8. The summed E-state index contributed by atoms with van der Waals surface area (Å²) in [6.45, 7) is 16.3. The Morgan fingerprint density at radius 1 is 0.724 bits per heavy atom. The summed E-state index contributed by atoms with van der Waals surface area (Å²) in [4.78, 5) is 25.3. The Kier molecular flexibility index (Phi) is 10.6. The van der Waals surface area contributed by atoms with Crippen molar-refractivity contribution in [1.29, 1.82) is 0 Å². The second-order valence-corrected chi connectivity index (χ2v) is 9.68. The molecule has 0 spiro atoms. The van der Waals surface area contributed by atoms with Crippen LogP contribution in [0.5, 0.6) is 0 Å². The maximum atomic E-state index is 13.0. The minimum absolute atomic E-state index is 0.0518. The molecule has 0 amide bonds. The van der Waals surface area contributed by atoms with Crippen molar-refractivity contribution in [3.63, 3.8) is 0 Å². The Morgan fingerprint density at radius 2 is 1.28 bits per heavy atom. The van der Waals surface area contributed by atoms with E-state index in [0.717, 1.165) is 32.1 Å². The van der Waals surface area contributed by atoms with Gasteiger partial charge >= 0.3 is 0 Å². The molecular formula is C27H50O2. The van der Waals surface area contributed by atoms with Crippen LogP contribution >= 0.6 is 0 Å². The number of unbranched alkanes of at least 4 members (excludes halogenated alkanes) is 4. The molecule has 1 rings (SSSR count). The van der Waals surface area contributed by atoms with Gasteiger partial charge in [-0.25, -0.2) is 0 Å². The predicted molar refractivity (Wildman–Crippen MR) is 125 cm³/mol. The molecule has 170 valence electrons. The molecule has 0 aliphatic heterocycles. The van der Waals surface area contributed by atoms with Gasteiger partial charge in [0, 0.05) is 12.3 Å². The van der Waals surface area contributed by atoms with E-state index < -0.39 is 0 Å². The molecule has 29 heavy (non-hydrogen) atoms. The smallest absolute Gasteiger partial charge is 0.202 e. The fraction of sp³-hybridized carbons (Fsp3) is 0.926. The molecule has 0 bridgehead atoms. The van der Waals surface area contributed by atoms with Crippen LogP contribution in [0.1, 0.15) is 138 Å². The third-order valence-electron chi connectivity index (χ3n) is 9.47. The lowest BCUT2D eigenvalue weighted by Gasteiger charge is -2.63. The molecule has 1 fully saturated rings. The SMILES string of the molecule is CCCCCCCC(CC)(CC)C(CC)(CC)C(CC)(CC)C1CCC(=O)C1=O. The first-order valence-corrected chi connectivity index (χ1v) is 12.9. The zero-order chi connectivity index (χ0) is 22.1. The van der Waals surface area contributed by atoms with Crippen molar-refractivity contribution in [2.75, 3.05) is 0 Å². The van der Waals surface area contributed by atoms with Crippen LogP contribution in [0.2, 0.25) is 0 Å². The minimum Gasteiger partial charge on any atom is -0.291 e. The largest absolute Gasteiger partial charge is 0.291 e. The highest BCUT2D eigenvalue weighted by atomic mass is 16.2. The molecule has 0 aromatic heterocycles. The number of hydrogen-bond acceptors (Lipinski definition) is 2. The highest BCUT2D eigenvalue weighted by Crippen LogP contribution is 2.67. The molecule has 0 aromatic rings. The van der Waals surface area contributed by atoms with Crippen LogP contribution in [-0.4, -0.2) is 11.6 Å². The molecule has 1 saturated carbocycles. The summed E-state index contributed by atoms with van der Waals surface area (Å²) < 4.78 is 0. The van der Waals surface area contributed by atoms with E-state index >= 15 is 0 Å². The van der Waals surface area contributed by atoms with Crippen LogP contribution in [0.25, 0.3) is 0 Å². The van der Waals surface area contributed by atoms with Gasteiger partial charge in [-0.3, -0.25) is 9.59 Å². The highest BCUT2D eigenvalue weighted by molar-refractivity contribution is 6.40. The van der Waals surface area contributed by atoms with Gasteiger partial charge < -0.3 is 0 Å². The third kappa shape index (κ3) is 4.52. The molecule has 0 saturated heterocycles. The Bertz CT molecular complexity index is 507. The van der Waals surface area contributed by atoms with Gasteiger partial charge in [-0.15, -0.1) is 0 Å². The van der Waals surface area contributed by atoms with Gasteiger partial charge in [-0.05, 0) is 67.6 Å². The van der Waals surface area contributed by atoms with Crippen molar-refractivity contribution in [2.24, 2.45) is 22.2 Å². The van der Waals surface area contributed by atoms with Crippen molar-refractivity contribution in [3.05, 3.63) is 0 Å². The molecule has 0 N–H and O–H groups in total. The fourth-order valence-electron chi connectivity index (χ4n) is 7.82. The number of ketones is 2. The van der Waals surface area contributed by atoms with Crippen molar-refractivity contribution < 1.29 is 9.59 Å². The van der Waals surface area contributed by atoms with Crippen LogP contribution in [0.3, 0.4) is 0 Å². The van der Waals surface area contributed by atoms with E-state index in [1.54, 1.807) is 0 Å². The number of rotatable bonds is 15. The topological polar surface area (TPSA) is 34.1 Å². The monoisotopic (exact) mass is 406 g/mol. The standard InChI is InChI=1S/C27H50O2/c1-8-15-16-17-18-21-25(9-2,10-3)27(13-6,14-7)26(11-4,12-5)22-19-20-23(28)24(22)29/h22H,8-21H2,1-7H3. The average Bonchev–Trinajstić information content (AvgIpc) is 3.09. The number of carbonyl (C=O) groups is 2. The van der Waals surface area contributed by atoms with Crippen LogP contribution in [0.15, 0.2) is 0 Å². The molecule has 0 aromatic carbocycles. The predicted octanol–water partition coefficient (Wildman–Crippen LogP) is 8.31. The lowest BCUT2D eigenvalue weighted by Crippen LogP contribution is -2.57. The van der Waals surface area contributed by atoms with Crippen LogP contribution < -0.4 is 0 Å². The van der Waals surface area contributed by atoms with Crippen molar-refractivity contribution in [3.8, 4) is 0 Å². The molecule has 0 radical (unpaired) electrons. The van der Waals surface area contributed by atoms with Crippen molar-refractivity contribution >= 4 is 11.6 Å². The summed E-state index contributed by atoms with van der Waals surface area (Å²) in [5.74, 6) is -0.230. The van der Waals surface area contributed by atoms with E-state index in [0.29, 0.717) is 6.42 Å². The highest BCUT2D eigenvalue weighted by Gasteiger charge is 2.62. The Labute approximate surface area is 182 Å². The summed E-state index contributed by atoms with van der Waals surface area (Å²) >= 11 is 0. The molecule has 2 heteroatoms. The van der Waals surface area contributed by atoms with Gasteiger partial charge in [0.25, 0.3) is 0 Å². The lowest BCUT2D eigenvalue weighted by molar-refractivity contribution is -0.159. The minimum atomic E-state index is -0.111. The second kappa shape index (κ2) is 11.7. The molecule has 1 unspecified atom stereocenters. The van der Waals surface area contributed by atoms with Crippen molar-refractivity contribution in [1.82, 2.24) is 0 Å². The normalized spacial score (nSPS) is 18.7. The summed E-state index contributed by atoms with van der Waals surface area (Å²) in [5, 5.41) is 0. The van der Waals surface area contributed by atoms with Gasteiger partial charge in [0.05, 0.1) is 0 Å². The Hall–Kier alpha value is -0.660. The van der Waals surface area contributed by atoms with Crippen LogP contribution in [0.4, 0.5) is 0 Å². The Morgan fingerprint density at radius 3 is 1.66 bits per heavy atom. The number of carbonyl (C=O) groups excluding carboxylic acids is 2. The molecule has 1 aliphatic carbocycles. The summed E-state index contributed by atoms with van der Waals surface area (Å²) in [5.41, 5.74) is 0.304. The first kappa shape index (κ1) is 26.4. The summed E-state index contributed by atoms with van der Waals surface area (Å²) in [7, 11) is 0. The van der Waals surface area contributed by atoms with E-state index in [2.05, 4.69) is 48.5 Å². The van der Waals surface area contributed by atoms with Gasteiger partial charge in [0.2, 0.25) is 5.78 Å². The first-order chi connectivity index (χ1) is 13.9. The van der Waals surface area contributed by atoms with E-state index in [-0.39, 0.29) is 33.7 Å². The van der Waals surface area contributed by atoms with Gasteiger partial charge in [-0.1, -0.05) is 80.6 Å². The lowest BCUT2D eigenvalue weighted by atomic mass is 9.41. The molecule has 1 atom stereocenters.